The second-order valence-corrected chi connectivity index (χ2v) is 5.05. The summed E-state index contributed by atoms with van der Waals surface area (Å²) in [6.45, 7) is 6.91. The van der Waals surface area contributed by atoms with Crippen LogP contribution < -0.4 is 4.74 Å². The molecule has 18 heavy (non-hydrogen) atoms. The van der Waals surface area contributed by atoms with Crippen LogP contribution in [0, 0.1) is 5.92 Å². The van der Waals surface area contributed by atoms with Crippen molar-refractivity contribution >= 4 is 5.78 Å². The van der Waals surface area contributed by atoms with E-state index in [1.54, 1.807) is 13.2 Å². The standard InChI is InChI=1S/C15H23NO2/c1-11(2)12(3)16(4)10-15(17)13-7-6-8-14(9-13)18-5/h6-9,11-12H,10H2,1-5H3. The van der Waals surface area contributed by atoms with Crippen molar-refractivity contribution in [3.63, 3.8) is 0 Å². The average molecular weight is 249 g/mol. The van der Waals surface area contributed by atoms with E-state index in [-0.39, 0.29) is 5.78 Å². The number of Topliss-reactive ketones (excluding diaryl/α,β-unsaturated/α-hetero) is 1. The van der Waals surface area contributed by atoms with Crippen LogP contribution in [0.3, 0.4) is 0 Å². The van der Waals surface area contributed by atoms with Gasteiger partial charge >= 0.3 is 0 Å². The van der Waals surface area contributed by atoms with Crippen LogP contribution in [0.25, 0.3) is 0 Å². The lowest BCUT2D eigenvalue weighted by Gasteiger charge is -2.27. The molecular weight excluding hydrogens is 226 g/mol. The Kier molecular flexibility index (Phi) is 5.35. The van der Waals surface area contributed by atoms with E-state index in [0.29, 0.717) is 24.1 Å². The molecule has 0 heterocycles. The fraction of sp³-hybridized carbons (Fsp3) is 0.533. The van der Waals surface area contributed by atoms with Gasteiger partial charge in [0.25, 0.3) is 0 Å². The van der Waals surface area contributed by atoms with Gasteiger partial charge in [0.1, 0.15) is 5.75 Å². The van der Waals surface area contributed by atoms with Gasteiger partial charge in [-0.1, -0.05) is 26.0 Å². The van der Waals surface area contributed by atoms with Crippen LogP contribution in [-0.2, 0) is 0 Å². The summed E-state index contributed by atoms with van der Waals surface area (Å²) in [5, 5.41) is 0. The number of likely N-dealkylation sites (N-methyl/N-ethyl adjacent to an activating group) is 1. The first-order valence-corrected chi connectivity index (χ1v) is 6.33. The van der Waals surface area contributed by atoms with E-state index in [4.69, 9.17) is 4.74 Å². The maximum atomic E-state index is 12.2. The Balaban J connectivity index is 2.70. The lowest BCUT2D eigenvalue weighted by Crippen LogP contribution is -2.37. The maximum Gasteiger partial charge on any atom is 0.176 e. The Hall–Kier alpha value is -1.35. The van der Waals surface area contributed by atoms with E-state index in [1.807, 2.05) is 25.2 Å². The highest BCUT2D eigenvalue weighted by Gasteiger charge is 2.17. The molecule has 0 amide bonds. The van der Waals surface area contributed by atoms with E-state index in [0.717, 1.165) is 5.75 Å². The van der Waals surface area contributed by atoms with Gasteiger partial charge < -0.3 is 4.74 Å². The van der Waals surface area contributed by atoms with Crippen LogP contribution in [-0.4, -0.2) is 37.4 Å². The molecule has 0 spiro atoms. The van der Waals surface area contributed by atoms with Crippen molar-refractivity contribution in [1.29, 1.82) is 0 Å². The third kappa shape index (κ3) is 3.84. The summed E-state index contributed by atoms with van der Waals surface area (Å²) in [7, 11) is 3.60. The number of hydrogen-bond donors (Lipinski definition) is 0. The molecule has 0 N–H and O–H groups in total. The van der Waals surface area contributed by atoms with Crippen molar-refractivity contribution in [3.8, 4) is 5.75 Å². The molecular formula is C15H23NO2. The summed E-state index contributed by atoms with van der Waals surface area (Å²) in [4.78, 5) is 14.2. The van der Waals surface area contributed by atoms with Crippen LogP contribution >= 0.6 is 0 Å². The Morgan fingerprint density at radius 1 is 1.33 bits per heavy atom. The van der Waals surface area contributed by atoms with Gasteiger partial charge in [0.15, 0.2) is 5.78 Å². The van der Waals surface area contributed by atoms with Crippen molar-refractivity contribution in [2.45, 2.75) is 26.8 Å². The molecule has 1 rings (SSSR count). The van der Waals surface area contributed by atoms with Gasteiger partial charge in [-0.2, -0.15) is 0 Å². The number of carbonyl (C=O) groups is 1. The fourth-order valence-corrected chi connectivity index (χ4v) is 1.77. The van der Waals surface area contributed by atoms with E-state index in [2.05, 4.69) is 25.7 Å². The van der Waals surface area contributed by atoms with Crippen LogP contribution in [0.4, 0.5) is 0 Å². The topological polar surface area (TPSA) is 29.5 Å². The average Bonchev–Trinajstić information content (AvgIpc) is 2.37. The highest BCUT2D eigenvalue weighted by molar-refractivity contribution is 5.97. The molecule has 0 saturated heterocycles. The third-order valence-corrected chi connectivity index (χ3v) is 3.44. The Labute approximate surface area is 110 Å². The van der Waals surface area contributed by atoms with E-state index >= 15 is 0 Å². The van der Waals surface area contributed by atoms with E-state index in [9.17, 15) is 4.79 Å². The van der Waals surface area contributed by atoms with Gasteiger partial charge in [0, 0.05) is 11.6 Å². The summed E-state index contributed by atoms with van der Waals surface area (Å²) in [6, 6.07) is 7.70. The summed E-state index contributed by atoms with van der Waals surface area (Å²) in [6.07, 6.45) is 0. The second-order valence-electron chi connectivity index (χ2n) is 5.05. The third-order valence-electron chi connectivity index (χ3n) is 3.44. The minimum absolute atomic E-state index is 0.129. The molecule has 1 atom stereocenters. The predicted octanol–water partition coefficient (Wildman–Crippen LogP) is 2.85. The van der Waals surface area contributed by atoms with Gasteiger partial charge in [0.2, 0.25) is 0 Å². The normalized spacial score (nSPS) is 12.8. The Morgan fingerprint density at radius 3 is 2.56 bits per heavy atom. The number of hydrogen-bond acceptors (Lipinski definition) is 3. The molecule has 100 valence electrons. The maximum absolute atomic E-state index is 12.2. The molecule has 1 aromatic rings. The monoisotopic (exact) mass is 249 g/mol. The quantitative estimate of drug-likeness (QED) is 0.726. The zero-order chi connectivity index (χ0) is 13.7. The Morgan fingerprint density at radius 2 is 2.00 bits per heavy atom. The fourth-order valence-electron chi connectivity index (χ4n) is 1.77. The zero-order valence-corrected chi connectivity index (χ0v) is 11.9. The van der Waals surface area contributed by atoms with Crippen molar-refractivity contribution in [3.05, 3.63) is 29.8 Å². The number of benzene rings is 1. The Bertz CT molecular complexity index is 401. The van der Waals surface area contributed by atoms with Crippen LogP contribution in [0.1, 0.15) is 31.1 Å². The second kappa shape index (κ2) is 6.55. The minimum atomic E-state index is 0.129. The summed E-state index contributed by atoms with van der Waals surface area (Å²) >= 11 is 0. The van der Waals surface area contributed by atoms with Gasteiger partial charge in [-0.25, -0.2) is 0 Å². The van der Waals surface area contributed by atoms with Gasteiger partial charge in [-0.15, -0.1) is 0 Å². The van der Waals surface area contributed by atoms with Crippen molar-refractivity contribution in [1.82, 2.24) is 4.90 Å². The number of ether oxygens (including phenoxy) is 1. The number of ketones is 1. The summed E-state index contributed by atoms with van der Waals surface area (Å²) in [5.41, 5.74) is 0.706. The first-order valence-electron chi connectivity index (χ1n) is 6.33. The van der Waals surface area contributed by atoms with E-state index < -0.39 is 0 Å². The largest absolute Gasteiger partial charge is 0.497 e. The number of nitrogens with zero attached hydrogens (tertiary/aromatic N) is 1. The molecule has 1 unspecified atom stereocenters. The van der Waals surface area contributed by atoms with Crippen molar-refractivity contribution < 1.29 is 9.53 Å². The van der Waals surface area contributed by atoms with Crippen LogP contribution in [0.2, 0.25) is 0 Å². The van der Waals surface area contributed by atoms with Crippen molar-refractivity contribution in [2.24, 2.45) is 5.92 Å². The molecule has 3 heteroatoms. The molecule has 0 aliphatic rings. The molecule has 0 fully saturated rings. The van der Waals surface area contributed by atoms with Crippen LogP contribution in [0.15, 0.2) is 24.3 Å². The van der Waals surface area contributed by atoms with Gasteiger partial charge in [-0.05, 0) is 32.0 Å². The lowest BCUT2D eigenvalue weighted by atomic mass is 10.0. The minimum Gasteiger partial charge on any atom is -0.497 e. The molecule has 0 aliphatic heterocycles. The predicted molar refractivity (Wildman–Crippen MR) is 74.3 cm³/mol. The van der Waals surface area contributed by atoms with Crippen molar-refractivity contribution in [2.75, 3.05) is 20.7 Å². The number of methoxy groups -OCH3 is 1. The smallest absolute Gasteiger partial charge is 0.176 e. The highest BCUT2D eigenvalue weighted by Crippen LogP contribution is 2.14. The van der Waals surface area contributed by atoms with Gasteiger partial charge in [-0.3, -0.25) is 9.69 Å². The molecule has 3 nitrogen and oxygen atoms in total. The molecule has 0 bridgehead atoms. The van der Waals surface area contributed by atoms with E-state index in [1.165, 1.54) is 0 Å². The molecule has 0 radical (unpaired) electrons. The first-order chi connectivity index (χ1) is 8.45. The first kappa shape index (κ1) is 14.7. The summed E-state index contributed by atoms with van der Waals surface area (Å²) < 4.78 is 5.13. The highest BCUT2D eigenvalue weighted by atomic mass is 16.5. The van der Waals surface area contributed by atoms with Gasteiger partial charge in [0.05, 0.1) is 13.7 Å². The number of rotatable bonds is 6. The molecule has 0 aromatic heterocycles. The van der Waals surface area contributed by atoms with Crippen LogP contribution in [0.5, 0.6) is 5.75 Å². The number of carbonyl (C=O) groups excluding carboxylic acids is 1. The lowest BCUT2D eigenvalue weighted by molar-refractivity contribution is 0.0906. The SMILES string of the molecule is COc1cccc(C(=O)CN(C)C(C)C(C)C)c1. The molecule has 0 saturated carbocycles. The zero-order valence-electron chi connectivity index (χ0n) is 11.9. The molecule has 0 aliphatic carbocycles. The summed E-state index contributed by atoms with van der Waals surface area (Å²) in [5.74, 6) is 1.39. The molecule has 1 aromatic carbocycles.